The zero-order valence-corrected chi connectivity index (χ0v) is 16.0. The lowest BCUT2D eigenvalue weighted by molar-refractivity contribution is -0.125. The Bertz CT molecular complexity index is 1040. The van der Waals surface area contributed by atoms with Gasteiger partial charge in [-0.05, 0) is 41.0 Å². The predicted molar refractivity (Wildman–Crippen MR) is 108 cm³/mol. The monoisotopic (exact) mass is 387 g/mol. The van der Waals surface area contributed by atoms with Crippen molar-refractivity contribution in [3.8, 4) is 5.75 Å². The molecule has 0 spiro atoms. The van der Waals surface area contributed by atoms with Crippen molar-refractivity contribution in [1.29, 1.82) is 0 Å². The molecule has 0 saturated carbocycles. The Balaban J connectivity index is 1.60. The summed E-state index contributed by atoms with van der Waals surface area (Å²) < 4.78 is 5.28. The lowest BCUT2D eigenvalue weighted by Crippen LogP contribution is -2.38. The highest BCUT2D eigenvalue weighted by Gasteiger charge is 2.40. The molecule has 2 amide bonds. The third-order valence-corrected chi connectivity index (χ3v) is 4.98. The minimum Gasteiger partial charge on any atom is -0.497 e. The SMILES string of the molecule is COc1cccc(CN2C(=O)c3ccccc3[C@H]2C(=O)NCc2cccnc2)c1. The maximum absolute atomic E-state index is 13.1. The van der Waals surface area contributed by atoms with E-state index in [1.807, 2.05) is 54.6 Å². The van der Waals surface area contributed by atoms with E-state index < -0.39 is 6.04 Å². The zero-order valence-electron chi connectivity index (χ0n) is 16.0. The molecule has 1 atom stereocenters. The number of pyridine rings is 1. The molecule has 3 aromatic rings. The molecule has 2 aromatic carbocycles. The van der Waals surface area contributed by atoms with Crippen LogP contribution in [0.25, 0.3) is 0 Å². The highest BCUT2D eigenvalue weighted by molar-refractivity contribution is 6.04. The number of carbonyl (C=O) groups excluding carboxylic acids is 2. The molecule has 6 heteroatoms. The second-order valence-electron chi connectivity index (χ2n) is 6.85. The van der Waals surface area contributed by atoms with Crippen LogP contribution in [0.4, 0.5) is 0 Å². The smallest absolute Gasteiger partial charge is 0.255 e. The van der Waals surface area contributed by atoms with Gasteiger partial charge in [0.15, 0.2) is 0 Å². The van der Waals surface area contributed by atoms with E-state index >= 15 is 0 Å². The summed E-state index contributed by atoms with van der Waals surface area (Å²) in [6, 6.07) is 17.8. The molecule has 0 bridgehead atoms. The molecule has 6 nitrogen and oxygen atoms in total. The summed E-state index contributed by atoms with van der Waals surface area (Å²) in [5.41, 5.74) is 3.09. The topological polar surface area (TPSA) is 71.5 Å². The molecule has 1 aliphatic heterocycles. The number of benzene rings is 2. The molecular formula is C23H21N3O3. The fourth-order valence-electron chi connectivity index (χ4n) is 3.57. The van der Waals surface area contributed by atoms with Crippen LogP contribution in [-0.4, -0.2) is 28.8 Å². The summed E-state index contributed by atoms with van der Waals surface area (Å²) in [5, 5.41) is 2.94. The second-order valence-corrected chi connectivity index (χ2v) is 6.85. The van der Waals surface area contributed by atoms with Crippen molar-refractivity contribution in [2.24, 2.45) is 0 Å². The molecule has 0 fully saturated rings. The summed E-state index contributed by atoms with van der Waals surface area (Å²) in [4.78, 5) is 31.8. The van der Waals surface area contributed by atoms with Gasteiger partial charge in [-0.1, -0.05) is 36.4 Å². The van der Waals surface area contributed by atoms with Crippen molar-refractivity contribution in [3.63, 3.8) is 0 Å². The third kappa shape index (κ3) is 3.82. The Kier molecular flexibility index (Phi) is 5.24. The molecule has 0 aliphatic carbocycles. The normalized spacial score (nSPS) is 15.1. The summed E-state index contributed by atoms with van der Waals surface area (Å²) in [6.45, 7) is 0.669. The summed E-state index contributed by atoms with van der Waals surface area (Å²) in [6.07, 6.45) is 3.40. The second kappa shape index (κ2) is 8.14. The molecule has 2 heterocycles. The Morgan fingerprint density at radius 1 is 1.10 bits per heavy atom. The minimum atomic E-state index is -0.679. The Hall–Kier alpha value is -3.67. The van der Waals surface area contributed by atoms with Crippen LogP contribution in [0, 0.1) is 0 Å². The molecule has 0 saturated heterocycles. The van der Waals surface area contributed by atoms with Gasteiger partial charge in [-0.3, -0.25) is 14.6 Å². The van der Waals surface area contributed by atoms with Crippen LogP contribution in [0.5, 0.6) is 5.75 Å². The molecule has 0 unspecified atom stereocenters. The predicted octanol–water partition coefficient (Wildman–Crippen LogP) is 3.10. The number of aromatic nitrogens is 1. The van der Waals surface area contributed by atoms with Gasteiger partial charge >= 0.3 is 0 Å². The first-order chi connectivity index (χ1) is 14.2. The summed E-state index contributed by atoms with van der Waals surface area (Å²) in [7, 11) is 1.60. The van der Waals surface area contributed by atoms with Crippen molar-refractivity contribution < 1.29 is 14.3 Å². The fourth-order valence-corrected chi connectivity index (χ4v) is 3.57. The molecule has 1 N–H and O–H groups in total. The lowest BCUT2D eigenvalue weighted by atomic mass is 10.0. The summed E-state index contributed by atoms with van der Waals surface area (Å²) in [5.74, 6) is 0.351. The van der Waals surface area contributed by atoms with Crippen LogP contribution in [0.15, 0.2) is 73.1 Å². The number of rotatable bonds is 6. The van der Waals surface area contributed by atoms with Crippen molar-refractivity contribution in [2.45, 2.75) is 19.1 Å². The van der Waals surface area contributed by atoms with E-state index in [0.29, 0.717) is 24.4 Å². The molecule has 0 radical (unpaired) electrons. The first-order valence-corrected chi connectivity index (χ1v) is 9.37. The van der Waals surface area contributed by atoms with Gasteiger partial charge in [-0.15, -0.1) is 0 Å². The van der Waals surface area contributed by atoms with Gasteiger partial charge in [0.2, 0.25) is 5.91 Å². The molecular weight excluding hydrogens is 366 g/mol. The number of nitrogens with zero attached hydrogens (tertiary/aromatic N) is 2. The number of carbonyl (C=O) groups is 2. The van der Waals surface area contributed by atoms with Crippen LogP contribution in [0.3, 0.4) is 0 Å². The number of nitrogens with one attached hydrogen (secondary N) is 1. The van der Waals surface area contributed by atoms with Gasteiger partial charge in [0.1, 0.15) is 11.8 Å². The van der Waals surface area contributed by atoms with E-state index in [4.69, 9.17) is 4.74 Å². The van der Waals surface area contributed by atoms with Crippen LogP contribution < -0.4 is 10.1 Å². The molecule has 1 aromatic heterocycles. The van der Waals surface area contributed by atoms with Crippen LogP contribution >= 0.6 is 0 Å². The average molecular weight is 387 g/mol. The Labute approximate surface area is 169 Å². The van der Waals surface area contributed by atoms with Crippen molar-refractivity contribution in [3.05, 3.63) is 95.3 Å². The van der Waals surface area contributed by atoms with E-state index in [-0.39, 0.29) is 11.8 Å². The number of hydrogen-bond acceptors (Lipinski definition) is 4. The minimum absolute atomic E-state index is 0.148. The van der Waals surface area contributed by atoms with Gasteiger partial charge in [-0.25, -0.2) is 0 Å². The third-order valence-electron chi connectivity index (χ3n) is 4.98. The van der Waals surface area contributed by atoms with Gasteiger partial charge in [0, 0.05) is 31.0 Å². The van der Waals surface area contributed by atoms with E-state index in [0.717, 1.165) is 16.7 Å². The Morgan fingerprint density at radius 2 is 1.93 bits per heavy atom. The average Bonchev–Trinajstić information content (AvgIpc) is 3.05. The molecule has 1 aliphatic rings. The van der Waals surface area contributed by atoms with Crippen molar-refractivity contribution in [2.75, 3.05) is 7.11 Å². The number of fused-ring (bicyclic) bond motifs is 1. The first-order valence-electron chi connectivity index (χ1n) is 9.37. The maximum Gasteiger partial charge on any atom is 0.255 e. The number of amides is 2. The van der Waals surface area contributed by atoms with E-state index in [9.17, 15) is 9.59 Å². The van der Waals surface area contributed by atoms with Crippen LogP contribution in [0.2, 0.25) is 0 Å². The largest absolute Gasteiger partial charge is 0.497 e. The fraction of sp³-hybridized carbons (Fsp3) is 0.174. The number of ether oxygens (including phenoxy) is 1. The number of hydrogen-bond donors (Lipinski definition) is 1. The van der Waals surface area contributed by atoms with Gasteiger partial charge in [-0.2, -0.15) is 0 Å². The highest BCUT2D eigenvalue weighted by atomic mass is 16.5. The van der Waals surface area contributed by atoms with Gasteiger partial charge in [0.25, 0.3) is 5.91 Å². The molecule has 4 rings (SSSR count). The van der Waals surface area contributed by atoms with Crippen molar-refractivity contribution >= 4 is 11.8 Å². The van der Waals surface area contributed by atoms with Crippen molar-refractivity contribution in [1.82, 2.24) is 15.2 Å². The van der Waals surface area contributed by atoms with Gasteiger partial charge in [0.05, 0.1) is 7.11 Å². The Morgan fingerprint density at radius 3 is 2.72 bits per heavy atom. The molecule has 29 heavy (non-hydrogen) atoms. The highest BCUT2D eigenvalue weighted by Crippen LogP contribution is 2.35. The van der Waals surface area contributed by atoms with Gasteiger partial charge < -0.3 is 15.0 Å². The summed E-state index contributed by atoms with van der Waals surface area (Å²) >= 11 is 0. The van der Waals surface area contributed by atoms with E-state index in [1.54, 1.807) is 30.5 Å². The van der Waals surface area contributed by atoms with Crippen LogP contribution in [-0.2, 0) is 17.9 Å². The van der Waals surface area contributed by atoms with Crippen LogP contribution in [0.1, 0.15) is 33.1 Å². The van der Waals surface area contributed by atoms with E-state index in [2.05, 4.69) is 10.3 Å². The van der Waals surface area contributed by atoms with E-state index in [1.165, 1.54) is 0 Å². The zero-order chi connectivity index (χ0) is 20.2. The quantitative estimate of drug-likeness (QED) is 0.706. The molecule has 146 valence electrons. The lowest BCUT2D eigenvalue weighted by Gasteiger charge is -2.25. The standard InChI is InChI=1S/C23H21N3O3/c1-29-18-8-4-6-16(12-18)15-26-21(19-9-2-3-10-20(19)23(26)28)22(27)25-14-17-7-5-11-24-13-17/h2-13,21H,14-15H2,1H3,(H,25,27)/t21-/m0/s1. The first kappa shape index (κ1) is 18.7. The maximum atomic E-state index is 13.1. The number of methoxy groups -OCH3 is 1.